The summed E-state index contributed by atoms with van der Waals surface area (Å²) >= 11 is 1.84. The fourth-order valence-electron chi connectivity index (χ4n) is 3.75. The Balaban J connectivity index is 1.23. The molecular formula is C27H31NO3S. The summed E-state index contributed by atoms with van der Waals surface area (Å²) in [4.78, 5) is 0. The van der Waals surface area contributed by atoms with Crippen LogP contribution in [-0.4, -0.2) is 36.2 Å². The Bertz CT molecular complexity index is 952. The number of thioether (sulfide) groups is 1. The fraction of sp³-hybridized carbons (Fsp3) is 0.333. The lowest BCUT2D eigenvalue weighted by molar-refractivity contribution is 0.158. The molecule has 4 rings (SSSR count). The molecule has 5 heteroatoms. The van der Waals surface area contributed by atoms with E-state index in [0.29, 0.717) is 6.61 Å². The van der Waals surface area contributed by atoms with E-state index in [0.717, 1.165) is 48.0 Å². The van der Waals surface area contributed by atoms with Gasteiger partial charge in [0.2, 0.25) is 0 Å². The van der Waals surface area contributed by atoms with Crippen molar-refractivity contribution in [3.63, 3.8) is 0 Å². The van der Waals surface area contributed by atoms with Crippen LogP contribution in [0, 0.1) is 0 Å². The molecule has 1 aliphatic heterocycles. The van der Waals surface area contributed by atoms with Crippen molar-refractivity contribution in [1.82, 2.24) is 5.32 Å². The number of fused-ring (bicyclic) bond motifs is 1. The van der Waals surface area contributed by atoms with Crippen LogP contribution in [0.5, 0.6) is 11.5 Å². The molecule has 3 aromatic carbocycles. The van der Waals surface area contributed by atoms with Gasteiger partial charge in [0.05, 0.1) is 6.61 Å². The van der Waals surface area contributed by atoms with Gasteiger partial charge in [-0.25, -0.2) is 0 Å². The molecule has 0 saturated heterocycles. The van der Waals surface area contributed by atoms with Crippen LogP contribution in [0.15, 0.2) is 78.9 Å². The summed E-state index contributed by atoms with van der Waals surface area (Å²) in [5, 5.41) is 13.3. The second-order valence-corrected chi connectivity index (χ2v) is 9.14. The van der Waals surface area contributed by atoms with Crippen LogP contribution in [0.1, 0.15) is 23.1 Å². The monoisotopic (exact) mass is 449 g/mol. The molecule has 0 bridgehead atoms. The van der Waals surface area contributed by atoms with Gasteiger partial charge in [0.25, 0.3) is 0 Å². The minimum Gasteiger partial charge on any atom is -0.489 e. The Morgan fingerprint density at radius 1 is 1.00 bits per heavy atom. The smallest absolute Gasteiger partial charge is 0.126 e. The number of rotatable bonds is 11. The van der Waals surface area contributed by atoms with E-state index in [1.807, 2.05) is 48.2 Å². The van der Waals surface area contributed by atoms with Gasteiger partial charge in [-0.2, -0.15) is 11.8 Å². The number of aryl methyl sites for hydroxylation is 1. The second kappa shape index (κ2) is 12.0. The highest BCUT2D eigenvalue weighted by atomic mass is 32.2. The zero-order valence-corrected chi connectivity index (χ0v) is 19.1. The Morgan fingerprint density at radius 2 is 1.75 bits per heavy atom. The molecule has 0 radical (unpaired) electrons. The van der Waals surface area contributed by atoms with E-state index in [-0.39, 0.29) is 18.8 Å². The van der Waals surface area contributed by atoms with Crippen LogP contribution < -0.4 is 14.8 Å². The van der Waals surface area contributed by atoms with Crippen molar-refractivity contribution in [3.05, 3.63) is 95.6 Å². The van der Waals surface area contributed by atoms with E-state index < -0.39 is 0 Å². The highest BCUT2D eigenvalue weighted by Crippen LogP contribution is 2.31. The van der Waals surface area contributed by atoms with Crippen molar-refractivity contribution in [2.45, 2.75) is 37.3 Å². The number of hydrogen-bond donors (Lipinski definition) is 2. The number of aliphatic hydroxyl groups excluding tert-OH is 1. The van der Waals surface area contributed by atoms with Gasteiger partial charge in [-0.05, 0) is 35.6 Å². The average molecular weight is 450 g/mol. The molecule has 0 saturated carbocycles. The Kier molecular flexibility index (Phi) is 8.49. The van der Waals surface area contributed by atoms with Crippen LogP contribution in [0.3, 0.4) is 0 Å². The summed E-state index contributed by atoms with van der Waals surface area (Å²) < 4.78 is 12.2. The van der Waals surface area contributed by atoms with Crippen LogP contribution in [0.2, 0.25) is 0 Å². The van der Waals surface area contributed by atoms with Crippen molar-refractivity contribution in [2.24, 2.45) is 0 Å². The van der Waals surface area contributed by atoms with Crippen molar-refractivity contribution >= 4 is 11.8 Å². The minimum absolute atomic E-state index is 0.0641. The largest absolute Gasteiger partial charge is 0.489 e. The molecule has 1 unspecified atom stereocenters. The van der Waals surface area contributed by atoms with Crippen molar-refractivity contribution in [2.75, 3.05) is 18.9 Å². The molecular weight excluding hydrogens is 418 g/mol. The second-order valence-electron chi connectivity index (χ2n) is 8.11. The Morgan fingerprint density at radius 3 is 2.50 bits per heavy atom. The Hall–Kier alpha value is -2.47. The summed E-state index contributed by atoms with van der Waals surface area (Å²) in [5.74, 6) is 3.56. The lowest BCUT2D eigenvalue weighted by atomic mass is 10.0. The summed E-state index contributed by atoms with van der Waals surface area (Å²) in [6, 6.07) is 26.8. The molecule has 0 aliphatic carbocycles. The summed E-state index contributed by atoms with van der Waals surface area (Å²) in [7, 11) is 0. The van der Waals surface area contributed by atoms with E-state index in [1.54, 1.807) is 0 Å². The molecule has 3 aromatic rings. The molecule has 0 aromatic heterocycles. The molecule has 2 atom stereocenters. The molecule has 0 fully saturated rings. The van der Waals surface area contributed by atoms with Gasteiger partial charge in [-0.1, -0.05) is 66.7 Å². The number of nitrogens with one attached hydrogen (secondary N) is 1. The van der Waals surface area contributed by atoms with Crippen LogP contribution in [0.4, 0.5) is 0 Å². The zero-order chi connectivity index (χ0) is 22.0. The quantitative estimate of drug-likeness (QED) is 0.439. The summed E-state index contributed by atoms with van der Waals surface area (Å²) in [6.45, 7) is 1.40. The maximum absolute atomic E-state index is 9.77. The number of benzene rings is 3. The van der Waals surface area contributed by atoms with E-state index in [9.17, 15) is 5.11 Å². The zero-order valence-electron chi connectivity index (χ0n) is 18.3. The molecule has 2 N–H and O–H groups in total. The van der Waals surface area contributed by atoms with Gasteiger partial charge >= 0.3 is 0 Å². The van der Waals surface area contributed by atoms with Crippen molar-refractivity contribution < 1.29 is 14.6 Å². The third-order valence-electron chi connectivity index (χ3n) is 5.60. The highest BCUT2D eigenvalue weighted by molar-refractivity contribution is 7.98. The van der Waals surface area contributed by atoms with E-state index in [1.165, 1.54) is 11.1 Å². The third kappa shape index (κ3) is 6.76. The van der Waals surface area contributed by atoms with Crippen molar-refractivity contribution in [1.29, 1.82) is 0 Å². The number of aliphatic hydroxyl groups is 1. The maximum Gasteiger partial charge on any atom is 0.126 e. The van der Waals surface area contributed by atoms with Crippen LogP contribution in [-0.2, 0) is 18.8 Å². The SMILES string of the molecule is OC[C@H](CSCc1ccccc1)NCC1CCc2ccc(OCc3ccccc3)cc2O1. The molecule has 168 valence electrons. The van der Waals surface area contributed by atoms with Gasteiger partial charge in [0.15, 0.2) is 0 Å². The molecule has 1 heterocycles. The lowest BCUT2D eigenvalue weighted by Gasteiger charge is -2.28. The normalized spacial score (nSPS) is 16.1. The summed E-state index contributed by atoms with van der Waals surface area (Å²) in [5.41, 5.74) is 3.69. The predicted molar refractivity (Wildman–Crippen MR) is 131 cm³/mol. The minimum atomic E-state index is 0.0641. The first-order valence-electron chi connectivity index (χ1n) is 11.2. The molecule has 4 nitrogen and oxygen atoms in total. The number of ether oxygens (including phenoxy) is 2. The molecule has 0 spiro atoms. The van der Waals surface area contributed by atoms with Gasteiger partial charge in [0.1, 0.15) is 24.2 Å². The molecule has 0 amide bonds. The average Bonchev–Trinajstić information content (AvgIpc) is 2.86. The van der Waals surface area contributed by atoms with Crippen LogP contribution in [0.25, 0.3) is 0 Å². The van der Waals surface area contributed by atoms with Crippen LogP contribution >= 0.6 is 11.8 Å². The Labute approximate surface area is 195 Å². The standard InChI is InChI=1S/C27H31NO3S/c29-17-24(20-32-19-22-9-5-2-6-10-22)28-16-26-14-12-23-11-13-25(15-27(23)31-26)30-18-21-7-3-1-4-8-21/h1-11,13,15,24,26,28-29H,12,14,16-20H2/t24-,26?/m1/s1. The van der Waals surface area contributed by atoms with Crippen molar-refractivity contribution in [3.8, 4) is 11.5 Å². The fourth-order valence-corrected chi connectivity index (χ4v) is 4.80. The van der Waals surface area contributed by atoms with E-state index in [2.05, 4.69) is 47.8 Å². The first kappa shape index (κ1) is 22.7. The summed E-state index contributed by atoms with van der Waals surface area (Å²) in [6.07, 6.45) is 2.06. The molecule has 1 aliphatic rings. The van der Waals surface area contributed by atoms with Gasteiger partial charge in [-0.3, -0.25) is 0 Å². The first-order valence-corrected chi connectivity index (χ1v) is 12.4. The lowest BCUT2D eigenvalue weighted by Crippen LogP contribution is -2.42. The third-order valence-corrected chi connectivity index (χ3v) is 6.78. The number of hydrogen-bond acceptors (Lipinski definition) is 5. The highest BCUT2D eigenvalue weighted by Gasteiger charge is 2.21. The first-order chi connectivity index (χ1) is 15.8. The maximum atomic E-state index is 9.77. The van der Waals surface area contributed by atoms with Gasteiger partial charge < -0.3 is 19.9 Å². The predicted octanol–water partition coefficient (Wildman–Crippen LogP) is 4.84. The van der Waals surface area contributed by atoms with E-state index >= 15 is 0 Å². The van der Waals surface area contributed by atoms with Gasteiger partial charge in [0, 0.05) is 30.2 Å². The molecule has 32 heavy (non-hydrogen) atoms. The van der Waals surface area contributed by atoms with E-state index in [4.69, 9.17) is 9.47 Å². The van der Waals surface area contributed by atoms with Gasteiger partial charge in [-0.15, -0.1) is 0 Å². The topological polar surface area (TPSA) is 50.7 Å².